The Labute approximate surface area is 134 Å². The third-order valence-electron chi connectivity index (χ3n) is 3.27. The number of hydrogen-bond acceptors (Lipinski definition) is 4. The summed E-state index contributed by atoms with van der Waals surface area (Å²) in [6, 6.07) is 10.4. The van der Waals surface area contributed by atoms with Gasteiger partial charge in [0.05, 0.1) is 0 Å². The van der Waals surface area contributed by atoms with Crippen LogP contribution in [0.5, 0.6) is 0 Å². The lowest BCUT2D eigenvalue weighted by Crippen LogP contribution is -2.41. The Bertz CT molecular complexity index is 475. The molecule has 0 saturated carbocycles. The molecule has 2 nitrogen and oxygen atoms in total. The van der Waals surface area contributed by atoms with Crippen LogP contribution in [0.15, 0.2) is 35.2 Å². The van der Waals surface area contributed by atoms with Crippen molar-refractivity contribution < 1.29 is 4.79 Å². The molecule has 0 aliphatic carbocycles. The maximum absolute atomic E-state index is 12.4. The number of hydrogen-bond donors (Lipinski definition) is 0. The van der Waals surface area contributed by atoms with E-state index in [0.29, 0.717) is 12.3 Å². The Kier molecular flexibility index (Phi) is 5.93. The van der Waals surface area contributed by atoms with Crippen LogP contribution in [0, 0.1) is 5.92 Å². The van der Waals surface area contributed by atoms with Crippen molar-refractivity contribution in [2.45, 2.75) is 31.2 Å². The molecule has 1 amide bonds. The Morgan fingerprint density at radius 3 is 2.80 bits per heavy atom. The first-order valence-electron chi connectivity index (χ1n) is 6.76. The second-order valence-electron chi connectivity index (χ2n) is 5.06. The smallest absolute Gasteiger partial charge is 0.229 e. The van der Waals surface area contributed by atoms with Crippen LogP contribution in [0.3, 0.4) is 0 Å². The number of carbonyl (C=O) groups excluding carboxylic acids is 1. The molecule has 0 unspecified atom stereocenters. The average Bonchev–Trinajstić information content (AvgIpc) is 2.82. The maximum Gasteiger partial charge on any atom is 0.229 e. The van der Waals surface area contributed by atoms with E-state index in [0.717, 1.165) is 15.8 Å². The number of benzene rings is 1. The van der Waals surface area contributed by atoms with Crippen LogP contribution in [0.1, 0.15) is 20.3 Å². The lowest BCUT2D eigenvalue weighted by molar-refractivity contribution is -0.128. The first-order chi connectivity index (χ1) is 9.59. The minimum absolute atomic E-state index is 0.169. The van der Waals surface area contributed by atoms with Crippen molar-refractivity contribution in [2.75, 3.05) is 11.5 Å². The maximum atomic E-state index is 12.4. The molecule has 1 aromatic carbocycles. The van der Waals surface area contributed by atoms with E-state index in [1.54, 1.807) is 23.5 Å². The van der Waals surface area contributed by atoms with E-state index in [2.05, 4.69) is 26.0 Å². The van der Waals surface area contributed by atoms with Gasteiger partial charge in [0.15, 0.2) is 0 Å². The van der Waals surface area contributed by atoms with Gasteiger partial charge in [-0.3, -0.25) is 9.69 Å². The minimum Gasteiger partial charge on any atom is -0.294 e. The molecule has 5 heteroatoms. The van der Waals surface area contributed by atoms with Gasteiger partial charge in [-0.25, -0.2) is 0 Å². The van der Waals surface area contributed by atoms with Crippen LogP contribution in [0.4, 0.5) is 0 Å². The number of amides is 1. The number of nitrogens with zero attached hydrogens (tertiary/aromatic N) is 1. The third kappa shape index (κ3) is 3.99. The monoisotopic (exact) mass is 325 g/mol. The quantitative estimate of drug-likeness (QED) is 0.601. The first-order valence-corrected chi connectivity index (χ1v) is 9.14. The third-order valence-corrected chi connectivity index (χ3v) is 5.79. The summed E-state index contributed by atoms with van der Waals surface area (Å²) in [5.74, 6) is 2.36. The molecule has 2 rings (SSSR count). The second kappa shape index (κ2) is 7.48. The molecular weight excluding hydrogens is 306 g/mol. The molecule has 1 fully saturated rings. The fourth-order valence-corrected chi connectivity index (χ4v) is 4.63. The van der Waals surface area contributed by atoms with Crippen molar-refractivity contribution in [3.8, 4) is 0 Å². The minimum atomic E-state index is 0.169. The molecule has 0 aromatic heterocycles. The van der Waals surface area contributed by atoms with Crippen molar-refractivity contribution in [2.24, 2.45) is 5.92 Å². The van der Waals surface area contributed by atoms with Crippen molar-refractivity contribution in [3.63, 3.8) is 0 Å². The van der Waals surface area contributed by atoms with Crippen molar-refractivity contribution in [1.29, 1.82) is 0 Å². The second-order valence-corrected chi connectivity index (χ2v) is 7.89. The summed E-state index contributed by atoms with van der Waals surface area (Å²) in [7, 11) is 0. The zero-order chi connectivity index (χ0) is 14.5. The fraction of sp³-hybridized carbons (Fsp3) is 0.467. The summed E-state index contributed by atoms with van der Waals surface area (Å²) in [6.45, 7) is 4.30. The molecule has 1 atom stereocenters. The van der Waals surface area contributed by atoms with Gasteiger partial charge in [0.1, 0.15) is 4.32 Å². The predicted molar refractivity (Wildman–Crippen MR) is 92.3 cm³/mol. The molecule has 1 heterocycles. The fourth-order valence-electron chi connectivity index (χ4n) is 2.11. The van der Waals surface area contributed by atoms with E-state index >= 15 is 0 Å². The highest BCUT2D eigenvalue weighted by atomic mass is 32.2. The molecule has 0 N–H and O–H groups in total. The van der Waals surface area contributed by atoms with Gasteiger partial charge in [0, 0.05) is 28.9 Å². The Morgan fingerprint density at radius 2 is 2.15 bits per heavy atom. The van der Waals surface area contributed by atoms with Gasteiger partial charge >= 0.3 is 0 Å². The lowest BCUT2D eigenvalue weighted by atomic mass is 10.1. The summed E-state index contributed by atoms with van der Waals surface area (Å²) < 4.78 is 0.749. The number of rotatable bonds is 5. The highest BCUT2D eigenvalue weighted by molar-refractivity contribution is 8.23. The zero-order valence-corrected chi connectivity index (χ0v) is 14.2. The molecule has 1 saturated heterocycles. The van der Waals surface area contributed by atoms with E-state index < -0.39 is 0 Å². The summed E-state index contributed by atoms with van der Waals surface area (Å²) in [5.41, 5.74) is 0. The molecule has 0 radical (unpaired) electrons. The number of thiocarbonyl (C=S) groups is 1. The summed E-state index contributed by atoms with van der Waals surface area (Å²) in [5, 5.41) is 0. The van der Waals surface area contributed by atoms with E-state index in [-0.39, 0.29) is 11.9 Å². The van der Waals surface area contributed by atoms with Crippen LogP contribution in [0.25, 0.3) is 0 Å². The van der Waals surface area contributed by atoms with Gasteiger partial charge in [-0.2, -0.15) is 0 Å². The lowest BCUT2D eigenvalue weighted by Gasteiger charge is -2.26. The zero-order valence-electron chi connectivity index (χ0n) is 11.7. The highest BCUT2D eigenvalue weighted by Crippen LogP contribution is 2.30. The van der Waals surface area contributed by atoms with Crippen LogP contribution in [0.2, 0.25) is 0 Å². The molecular formula is C15H19NOS3. The summed E-state index contributed by atoms with van der Waals surface area (Å²) in [6.07, 6.45) is 0.545. The SMILES string of the molecule is CC(C)[C@H]1CSC(=S)N1C(=O)CCSc1ccccc1. The van der Waals surface area contributed by atoms with Crippen molar-refractivity contribution in [3.05, 3.63) is 30.3 Å². The molecule has 1 aliphatic rings. The Morgan fingerprint density at radius 1 is 1.45 bits per heavy atom. The van der Waals surface area contributed by atoms with Crippen molar-refractivity contribution >= 4 is 46.0 Å². The van der Waals surface area contributed by atoms with E-state index in [1.165, 1.54) is 4.90 Å². The summed E-state index contributed by atoms with van der Waals surface area (Å²) >= 11 is 8.67. The van der Waals surface area contributed by atoms with Gasteiger partial charge in [0.2, 0.25) is 5.91 Å². The van der Waals surface area contributed by atoms with Crippen molar-refractivity contribution in [1.82, 2.24) is 4.90 Å². The van der Waals surface area contributed by atoms with E-state index in [9.17, 15) is 4.79 Å². The van der Waals surface area contributed by atoms with Gasteiger partial charge in [-0.1, -0.05) is 56.0 Å². The standard InChI is InChI=1S/C15H19NOS3/c1-11(2)13-10-20-15(18)16(13)14(17)8-9-19-12-6-4-3-5-7-12/h3-7,11,13H,8-10H2,1-2H3/t13-/m1/s1. The molecule has 1 aromatic rings. The van der Waals surface area contributed by atoms with Gasteiger partial charge < -0.3 is 0 Å². The Hall–Kier alpha value is -0.520. The average molecular weight is 326 g/mol. The molecule has 1 aliphatic heterocycles. The van der Waals surface area contributed by atoms with E-state index in [4.69, 9.17) is 12.2 Å². The van der Waals surface area contributed by atoms with Gasteiger partial charge in [0.25, 0.3) is 0 Å². The molecule has 0 bridgehead atoms. The Balaban J connectivity index is 1.86. The van der Waals surface area contributed by atoms with E-state index in [1.807, 2.05) is 23.1 Å². The molecule has 0 spiro atoms. The number of thioether (sulfide) groups is 2. The van der Waals surface area contributed by atoms with Crippen LogP contribution < -0.4 is 0 Å². The normalized spacial score (nSPS) is 18.9. The van der Waals surface area contributed by atoms with Gasteiger partial charge in [-0.15, -0.1) is 11.8 Å². The van der Waals surface area contributed by atoms with Crippen LogP contribution in [-0.4, -0.2) is 32.7 Å². The van der Waals surface area contributed by atoms with Crippen LogP contribution in [-0.2, 0) is 4.79 Å². The predicted octanol–water partition coefficient (Wildman–Crippen LogP) is 4.05. The summed E-state index contributed by atoms with van der Waals surface area (Å²) in [4.78, 5) is 15.4. The topological polar surface area (TPSA) is 20.3 Å². The number of carbonyl (C=O) groups is 1. The highest BCUT2D eigenvalue weighted by Gasteiger charge is 2.35. The first kappa shape index (κ1) is 15.9. The largest absolute Gasteiger partial charge is 0.294 e. The molecule has 20 heavy (non-hydrogen) atoms. The van der Waals surface area contributed by atoms with Crippen LogP contribution >= 0.6 is 35.7 Å². The van der Waals surface area contributed by atoms with Gasteiger partial charge in [-0.05, 0) is 18.1 Å². The molecule has 108 valence electrons.